The molecule has 0 saturated heterocycles. The standard InChI is InChI=1S/C26H22N8OS/c1-14(2)6-22(35)30-17-7-15(9-27-11-17)16-8-18-24(33-34-25(18)29-10-16)26-31-20-13-28-12-19(23(20)32-26)21-4-3-5-36-21/h3-5,7-14H,6H2,1-2H3,(H,30,35)(H,31,32)(H,29,33,34). The Balaban J connectivity index is 1.38. The maximum absolute atomic E-state index is 12.2. The van der Waals surface area contributed by atoms with E-state index in [1.807, 2.05) is 43.6 Å². The van der Waals surface area contributed by atoms with Gasteiger partial charge in [0.1, 0.15) is 11.2 Å². The fourth-order valence-corrected chi connectivity index (χ4v) is 4.89. The summed E-state index contributed by atoms with van der Waals surface area (Å²) in [6.45, 7) is 4.03. The van der Waals surface area contributed by atoms with Crippen molar-refractivity contribution in [2.75, 3.05) is 5.32 Å². The van der Waals surface area contributed by atoms with Crippen molar-refractivity contribution in [1.29, 1.82) is 0 Å². The highest BCUT2D eigenvalue weighted by molar-refractivity contribution is 7.13. The number of hydrogen-bond donors (Lipinski definition) is 3. The SMILES string of the molecule is CC(C)CC(=O)Nc1cncc(-c2cnc3n[nH]c(-c4nc5c(-c6cccs6)cncc5[nH]4)c3c2)c1. The Morgan fingerprint density at radius 1 is 1.08 bits per heavy atom. The summed E-state index contributed by atoms with van der Waals surface area (Å²) in [6.07, 6.45) is 9.21. The predicted molar refractivity (Wildman–Crippen MR) is 141 cm³/mol. The van der Waals surface area contributed by atoms with E-state index in [2.05, 4.69) is 41.5 Å². The van der Waals surface area contributed by atoms with E-state index < -0.39 is 0 Å². The van der Waals surface area contributed by atoms with Crippen LogP contribution >= 0.6 is 11.3 Å². The van der Waals surface area contributed by atoms with Crippen molar-refractivity contribution in [2.24, 2.45) is 5.92 Å². The van der Waals surface area contributed by atoms with Crippen molar-refractivity contribution in [3.8, 4) is 33.1 Å². The average molecular weight is 495 g/mol. The highest BCUT2D eigenvalue weighted by atomic mass is 32.1. The molecule has 6 rings (SSSR count). The van der Waals surface area contributed by atoms with Crippen molar-refractivity contribution < 1.29 is 4.79 Å². The summed E-state index contributed by atoms with van der Waals surface area (Å²) >= 11 is 1.65. The van der Waals surface area contributed by atoms with E-state index in [-0.39, 0.29) is 11.8 Å². The van der Waals surface area contributed by atoms with Gasteiger partial charge in [-0.2, -0.15) is 5.10 Å². The quantitative estimate of drug-likeness (QED) is 0.274. The van der Waals surface area contributed by atoms with Crippen molar-refractivity contribution in [3.63, 3.8) is 0 Å². The first-order chi connectivity index (χ1) is 17.5. The maximum atomic E-state index is 12.2. The van der Waals surface area contributed by atoms with Crippen LogP contribution in [-0.4, -0.2) is 41.0 Å². The number of aromatic amines is 2. The summed E-state index contributed by atoms with van der Waals surface area (Å²) in [5, 5.41) is 13.2. The number of thiophene rings is 1. The van der Waals surface area contributed by atoms with Crippen LogP contribution in [0.2, 0.25) is 0 Å². The molecule has 0 radical (unpaired) electrons. The van der Waals surface area contributed by atoms with Crippen molar-refractivity contribution in [3.05, 3.63) is 60.6 Å². The number of rotatable bonds is 6. The normalized spacial score (nSPS) is 11.5. The third kappa shape index (κ3) is 4.11. The van der Waals surface area contributed by atoms with E-state index in [0.29, 0.717) is 23.6 Å². The van der Waals surface area contributed by atoms with Crippen LogP contribution in [0.4, 0.5) is 5.69 Å². The number of imidazole rings is 1. The summed E-state index contributed by atoms with van der Waals surface area (Å²) in [4.78, 5) is 34.8. The van der Waals surface area contributed by atoms with Crippen LogP contribution in [0.1, 0.15) is 20.3 Å². The van der Waals surface area contributed by atoms with Crippen LogP contribution < -0.4 is 5.32 Å². The average Bonchev–Trinajstić information content (AvgIpc) is 3.62. The molecule has 6 aromatic rings. The Labute approximate surface area is 210 Å². The number of H-pyrrole nitrogens is 2. The molecule has 1 amide bonds. The predicted octanol–water partition coefficient (Wildman–Crippen LogP) is 5.67. The van der Waals surface area contributed by atoms with Crippen molar-refractivity contribution in [2.45, 2.75) is 20.3 Å². The van der Waals surface area contributed by atoms with E-state index in [9.17, 15) is 4.79 Å². The number of carbonyl (C=O) groups excluding carboxylic acids is 1. The number of amides is 1. The van der Waals surface area contributed by atoms with Gasteiger partial charge in [-0.05, 0) is 29.5 Å². The van der Waals surface area contributed by atoms with Crippen LogP contribution in [0.25, 0.3) is 55.2 Å². The summed E-state index contributed by atoms with van der Waals surface area (Å²) < 4.78 is 0. The van der Waals surface area contributed by atoms with E-state index in [4.69, 9.17) is 4.98 Å². The maximum Gasteiger partial charge on any atom is 0.224 e. The van der Waals surface area contributed by atoms with Crippen molar-refractivity contribution >= 4 is 45.0 Å². The molecule has 0 bridgehead atoms. The topological polar surface area (TPSA) is 125 Å². The number of aromatic nitrogens is 7. The molecule has 6 aromatic heterocycles. The number of anilines is 1. The zero-order valence-corrected chi connectivity index (χ0v) is 20.4. The zero-order valence-electron chi connectivity index (χ0n) is 19.6. The van der Waals surface area contributed by atoms with Crippen LogP contribution in [0.3, 0.4) is 0 Å². The monoisotopic (exact) mass is 494 g/mol. The van der Waals surface area contributed by atoms with Crippen LogP contribution in [-0.2, 0) is 4.79 Å². The number of nitrogens with one attached hydrogen (secondary N) is 3. The van der Waals surface area contributed by atoms with Gasteiger partial charge in [0, 0.05) is 46.6 Å². The molecule has 0 fully saturated rings. The minimum atomic E-state index is -0.0315. The molecule has 9 nitrogen and oxygen atoms in total. The van der Waals surface area contributed by atoms with Gasteiger partial charge in [-0.25, -0.2) is 9.97 Å². The van der Waals surface area contributed by atoms with E-state index >= 15 is 0 Å². The molecule has 0 unspecified atom stereocenters. The molecular weight excluding hydrogens is 472 g/mol. The van der Waals surface area contributed by atoms with E-state index in [0.717, 1.165) is 43.7 Å². The lowest BCUT2D eigenvalue weighted by molar-refractivity contribution is -0.116. The highest BCUT2D eigenvalue weighted by Gasteiger charge is 2.17. The Hall–Kier alpha value is -4.44. The summed E-state index contributed by atoms with van der Waals surface area (Å²) in [5.74, 6) is 0.906. The molecule has 3 N–H and O–H groups in total. The van der Waals surface area contributed by atoms with Gasteiger partial charge in [0.15, 0.2) is 11.5 Å². The lowest BCUT2D eigenvalue weighted by atomic mass is 10.1. The second-order valence-electron chi connectivity index (χ2n) is 8.95. The molecule has 0 spiro atoms. The Bertz CT molecular complexity index is 1700. The minimum absolute atomic E-state index is 0.0315. The van der Waals surface area contributed by atoms with Gasteiger partial charge in [0.05, 0.1) is 29.0 Å². The molecule has 0 aromatic carbocycles. The Morgan fingerprint density at radius 3 is 2.78 bits per heavy atom. The van der Waals surface area contributed by atoms with Crippen LogP contribution in [0.5, 0.6) is 0 Å². The summed E-state index contributed by atoms with van der Waals surface area (Å²) in [5.41, 5.74) is 6.34. The number of nitrogens with zero attached hydrogens (tertiary/aromatic N) is 5. The number of pyridine rings is 3. The molecule has 178 valence electrons. The molecule has 0 aliphatic heterocycles. The molecule has 0 aliphatic rings. The summed E-state index contributed by atoms with van der Waals surface area (Å²) in [7, 11) is 0. The van der Waals surface area contributed by atoms with Gasteiger partial charge in [0.2, 0.25) is 5.91 Å². The third-order valence-electron chi connectivity index (χ3n) is 5.78. The molecule has 0 atom stereocenters. The smallest absolute Gasteiger partial charge is 0.224 e. The second kappa shape index (κ2) is 8.97. The number of fused-ring (bicyclic) bond motifs is 2. The van der Waals surface area contributed by atoms with Gasteiger partial charge in [0.25, 0.3) is 0 Å². The lowest BCUT2D eigenvalue weighted by Gasteiger charge is -2.08. The highest BCUT2D eigenvalue weighted by Crippen LogP contribution is 2.33. The Kier molecular flexibility index (Phi) is 5.49. The summed E-state index contributed by atoms with van der Waals surface area (Å²) in [6, 6.07) is 7.98. The molecule has 0 aliphatic carbocycles. The fourth-order valence-electron chi connectivity index (χ4n) is 4.15. The number of hydrogen-bond acceptors (Lipinski definition) is 7. The lowest BCUT2D eigenvalue weighted by Crippen LogP contribution is -2.13. The van der Waals surface area contributed by atoms with E-state index in [1.165, 1.54) is 0 Å². The van der Waals surface area contributed by atoms with Gasteiger partial charge >= 0.3 is 0 Å². The Morgan fingerprint density at radius 2 is 1.94 bits per heavy atom. The minimum Gasteiger partial charge on any atom is -0.335 e. The first-order valence-corrected chi connectivity index (χ1v) is 12.4. The molecule has 0 saturated carbocycles. The van der Waals surface area contributed by atoms with Gasteiger partial charge < -0.3 is 10.3 Å². The second-order valence-corrected chi connectivity index (χ2v) is 9.90. The van der Waals surface area contributed by atoms with Crippen molar-refractivity contribution in [1.82, 2.24) is 35.1 Å². The molecule has 36 heavy (non-hydrogen) atoms. The molecule has 10 heteroatoms. The fraction of sp³-hybridized carbons (Fsp3) is 0.154. The zero-order chi connectivity index (χ0) is 24.6. The molecular formula is C26H22N8OS. The molecule has 6 heterocycles. The third-order valence-corrected chi connectivity index (χ3v) is 6.68. The van der Waals surface area contributed by atoms with Gasteiger partial charge in [-0.1, -0.05) is 19.9 Å². The van der Waals surface area contributed by atoms with Crippen LogP contribution in [0.15, 0.2) is 60.6 Å². The number of carbonyl (C=O) groups is 1. The first-order valence-electron chi connectivity index (χ1n) is 11.5. The first kappa shape index (κ1) is 22.1. The van der Waals surface area contributed by atoms with E-state index in [1.54, 1.807) is 36.1 Å². The van der Waals surface area contributed by atoms with Gasteiger partial charge in [-0.15, -0.1) is 11.3 Å². The van der Waals surface area contributed by atoms with Crippen LogP contribution in [0, 0.1) is 5.92 Å². The largest absolute Gasteiger partial charge is 0.335 e. The van der Waals surface area contributed by atoms with Gasteiger partial charge in [-0.3, -0.25) is 19.9 Å².